The second kappa shape index (κ2) is 11.1. The summed E-state index contributed by atoms with van der Waals surface area (Å²) < 4.78 is 0. The van der Waals surface area contributed by atoms with Crippen LogP contribution in [0.1, 0.15) is 86.6 Å². The maximum atomic E-state index is 11.1. The Kier molecular flexibility index (Phi) is 9.42. The number of hydrogen-bond donors (Lipinski definition) is 0. The summed E-state index contributed by atoms with van der Waals surface area (Å²) in [5.41, 5.74) is 1.23. The van der Waals surface area contributed by atoms with Gasteiger partial charge >= 0.3 is 0 Å². The molecule has 0 spiro atoms. The van der Waals surface area contributed by atoms with Crippen LogP contribution in [0.2, 0.25) is 0 Å². The van der Waals surface area contributed by atoms with Gasteiger partial charge in [-0.25, -0.2) is 0 Å². The monoisotopic (exact) mass is 321 g/mol. The first kappa shape index (κ1) is 19.5. The Labute approximate surface area is 143 Å². The van der Waals surface area contributed by atoms with E-state index >= 15 is 0 Å². The Morgan fingerprint density at radius 3 is 2.26 bits per heavy atom. The van der Waals surface area contributed by atoms with Gasteiger partial charge in [0, 0.05) is 33.5 Å². The summed E-state index contributed by atoms with van der Waals surface area (Å²) in [6.45, 7) is 5.42. The first-order chi connectivity index (χ1) is 11.0. The highest BCUT2D eigenvalue weighted by atomic mass is 16.1. The van der Waals surface area contributed by atoms with Gasteiger partial charge in [0.2, 0.25) is 0 Å². The number of ketones is 2. The Hall–Kier alpha value is -1.51. The van der Waals surface area contributed by atoms with Gasteiger partial charge in [-0.3, -0.25) is 4.98 Å². The van der Waals surface area contributed by atoms with E-state index in [-0.39, 0.29) is 2.85 Å². The summed E-state index contributed by atoms with van der Waals surface area (Å²) in [6, 6.07) is 6.14. The summed E-state index contributed by atoms with van der Waals surface area (Å²) in [4.78, 5) is 25.7. The van der Waals surface area contributed by atoms with Crippen LogP contribution in [-0.4, -0.2) is 16.6 Å². The summed E-state index contributed by atoms with van der Waals surface area (Å²) in [5.74, 6) is 1.88. The average molecular weight is 322 g/mol. The van der Waals surface area contributed by atoms with E-state index in [0.717, 1.165) is 25.7 Å². The summed E-state index contributed by atoms with van der Waals surface area (Å²) >= 11 is 0. The maximum absolute atomic E-state index is 11.1. The van der Waals surface area contributed by atoms with Crippen molar-refractivity contribution in [3.8, 4) is 0 Å². The molecule has 0 unspecified atom stereocenters. The largest absolute Gasteiger partial charge is 0.300 e. The molecule has 132 valence electrons. The molecule has 0 aliphatic heterocycles. The Balaban J connectivity index is 0. The van der Waals surface area contributed by atoms with Crippen LogP contribution in [-0.2, 0) is 9.59 Å². The zero-order valence-electron chi connectivity index (χ0n) is 14.9. The highest BCUT2D eigenvalue weighted by Gasteiger charge is 2.23. The normalized spacial score (nSPS) is 20.3. The molecule has 1 aromatic rings. The molecule has 0 N–H and O–H groups in total. The van der Waals surface area contributed by atoms with Crippen LogP contribution in [0.5, 0.6) is 0 Å². The van der Waals surface area contributed by atoms with Gasteiger partial charge in [-0.2, -0.15) is 0 Å². The van der Waals surface area contributed by atoms with Gasteiger partial charge in [0.25, 0.3) is 0 Å². The van der Waals surface area contributed by atoms with Crippen molar-refractivity contribution in [3.63, 3.8) is 0 Å². The van der Waals surface area contributed by atoms with Crippen molar-refractivity contribution in [1.82, 2.24) is 4.98 Å². The zero-order chi connectivity index (χ0) is 17.1. The lowest BCUT2D eigenvalue weighted by atomic mass is 9.78. The quantitative estimate of drug-likeness (QED) is 0.686. The van der Waals surface area contributed by atoms with Crippen molar-refractivity contribution in [1.29, 1.82) is 0 Å². The maximum Gasteiger partial charge on any atom is 0.130 e. The SMILES string of the molecule is CC(=O)CC1CCC(c2ccccn2)CC1.CCCCC(C)=O.[HH].[HH]. The van der Waals surface area contributed by atoms with Crippen LogP contribution >= 0.6 is 0 Å². The highest BCUT2D eigenvalue weighted by molar-refractivity contribution is 5.75. The third-order valence-corrected chi connectivity index (χ3v) is 4.41. The van der Waals surface area contributed by atoms with E-state index in [4.69, 9.17) is 0 Å². The lowest BCUT2D eigenvalue weighted by Crippen LogP contribution is -2.16. The van der Waals surface area contributed by atoms with Crippen molar-refractivity contribution in [3.05, 3.63) is 30.1 Å². The molecule has 0 atom stereocenters. The van der Waals surface area contributed by atoms with Crippen molar-refractivity contribution >= 4 is 11.6 Å². The molecule has 1 heterocycles. The van der Waals surface area contributed by atoms with E-state index < -0.39 is 0 Å². The lowest BCUT2D eigenvalue weighted by molar-refractivity contribution is -0.118. The first-order valence-electron chi connectivity index (χ1n) is 8.92. The van der Waals surface area contributed by atoms with E-state index in [1.54, 1.807) is 13.8 Å². The molecule has 23 heavy (non-hydrogen) atoms. The Bertz CT molecular complexity index is 472. The number of carbonyl (C=O) groups excluding carboxylic acids is 2. The van der Waals surface area contributed by atoms with Crippen LogP contribution in [0, 0.1) is 5.92 Å². The van der Waals surface area contributed by atoms with Crippen molar-refractivity contribution < 1.29 is 12.4 Å². The molecule has 0 bridgehead atoms. The van der Waals surface area contributed by atoms with Crippen LogP contribution < -0.4 is 0 Å². The van der Waals surface area contributed by atoms with Gasteiger partial charge in [0.05, 0.1) is 0 Å². The number of aromatic nitrogens is 1. The van der Waals surface area contributed by atoms with Gasteiger partial charge in [0.15, 0.2) is 0 Å². The fraction of sp³-hybridized carbons (Fsp3) is 0.650. The fourth-order valence-electron chi connectivity index (χ4n) is 3.11. The van der Waals surface area contributed by atoms with Crippen LogP contribution in [0.4, 0.5) is 0 Å². The number of hydrogen-bond acceptors (Lipinski definition) is 3. The number of rotatable bonds is 6. The number of Topliss-reactive ketones (excluding diaryl/α,β-unsaturated/α-hetero) is 2. The smallest absolute Gasteiger partial charge is 0.130 e. The van der Waals surface area contributed by atoms with Crippen molar-refractivity contribution in [2.75, 3.05) is 0 Å². The summed E-state index contributed by atoms with van der Waals surface area (Å²) in [5, 5.41) is 0. The standard InChI is InChI=1S/C14H19NO.C6H12O.2H2/c1-11(16)10-12-5-7-13(8-6-12)14-4-2-3-9-15-14;1-3-4-5-6(2)7;;/h2-4,9,12-13H,5-8,10H2,1H3;3-5H2,1-2H3;2*1H. The summed E-state index contributed by atoms with van der Waals surface area (Å²) in [7, 11) is 0. The topological polar surface area (TPSA) is 47.0 Å². The van der Waals surface area contributed by atoms with E-state index in [2.05, 4.69) is 24.0 Å². The minimum Gasteiger partial charge on any atom is -0.300 e. The molecule has 0 saturated heterocycles. The van der Waals surface area contributed by atoms with Crippen LogP contribution in [0.3, 0.4) is 0 Å². The van der Waals surface area contributed by atoms with E-state index in [9.17, 15) is 9.59 Å². The lowest BCUT2D eigenvalue weighted by Gasteiger charge is -2.27. The molecule has 0 amide bonds. The number of unbranched alkanes of at least 4 members (excludes halogenated alkanes) is 1. The van der Waals surface area contributed by atoms with Crippen LogP contribution in [0.25, 0.3) is 0 Å². The molecule has 1 aromatic heterocycles. The second-order valence-electron chi connectivity index (χ2n) is 6.68. The number of nitrogens with zero attached hydrogens (tertiary/aromatic N) is 1. The molecule has 3 heteroatoms. The highest BCUT2D eigenvalue weighted by Crippen LogP contribution is 2.36. The molecule has 1 aliphatic carbocycles. The first-order valence-corrected chi connectivity index (χ1v) is 8.92. The van der Waals surface area contributed by atoms with Gasteiger partial charge in [-0.05, 0) is 64.0 Å². The van der Waals surface area contributed by atoms with Crippen molar-refractivity contribution in [2.45, 2.75) is 78.1 Å². The fourth-order valence-corrected chi connectivity index (χ4v) is 3.11. The third-order valence-electron chi connectivity index (χ3n) is 4.41. The molecular weight excluding hydrogens is 286 g/mol. The minimum atomic E-state index is 0. The van der Waals surface area contributed by atoms with Gasteiger partial charge in [0.1, 0.15) is 11.6 Å². The van der Waals surface area contributed by atoms with Gasteiger partial charge in [-0.15, -0.1) is 0 Å². The predicted molar refractivity (Wildman–Crippen MR) is 98.7 cm³/mol. The van der Waals surface area contributed by atoms with Crippen LogP contribution in [0.15, 0.2) is 24.4 Å². The molecular formula is C20H35NO2. The average Bonchev–Trinajstić information content (AvgIpc) is 2.54. The molecule has 1 saturated carbocycles. The van der Waals surface area contributed by atoms with Gasteiger partial charge < -0.3 is 9.59 Å². The van der Waals surface area contributed by atoms with Crippen molar-refractivity contribution in [2.24, 2.45) is 5.92 Å². The minimum absolute atomic E-state index is 0. The molecule has 0 aromatic carbocycles. The molecule has 3 nitrogen and oxygen atoms in total. The second-order valence-corrected chi connectivity index (χ2v) is 6.68. The van der Waals surface area contributed by atoms with E-state index in [0.29, 0.717) is 23.4 Å². The molecule has 1 fully saturated rings. The number of carbonyl (C=O) groups is 2. The van der Waals surface area contributed by atoms with E-state index in [1.807, 2.05) is 12.3 Å². The Morgan fingerprint density at radius 2 is 1.83 bits per heavy atom. The van der Waals surface area contributed by atoms with Gasteiger partial charge in [-0.1, -0.05) is 19.4 Å². The predicted octanol–water partition coefficient (Wildman–Crippen LogP) is 5.59. The molecule has 1 aliphatic rings. The third kappa shape index (κ3) is 8.63. The molecule has 2 rings (SSSR count). The molecule has 0 radical (unpaired) electrons. The zero-order valence-corrected chi connectivity index (χ0v) is 14.9. The number of pyridine rings is 1. The van der Waals surface area contributed by atoms with E-state index in [1.165, 1.54) is 31.4 Å². The summed E-state index contributed by atoms with van der Waals surface area (Å²) in [6.07, 6.45) is 10.3. The Morgan fingerprint density at radius 1 is 1.13 bits per heavy atom.